The molecular formula is C14H28N2O3. The van der Waals surface area contributed by atoms with E-state index in [0.717, 1.165) is 25.7 Å². The van der Waals surface area contributed by atoms with Crippen molar-refractivity contribution in [3.05, 3.63) is 0 Å². The highest BCUT2D eigenvalue weighted by atomic mass is 16.4. The van der Waals surface area contributed by atoms with Crippen LogP contribution < -0.4 is 11.1 Å². The molecule has 4 N–H and O–H groups in total. The SMILES string of the molecule is CCC(CCNC(=O)CCCC(C)N)CCC(=O)O. The van der Waals surface area contributed by atoms with Gasteiger partial charge in [-0.05, 0) is 38.5 Å². The highest BCUT2D eigenvalue weighted by molar-refractivity contribution is 5.75. The molecule has 5 nitrogen and oxygen atoms in total. The summed E-state index contributed by atoms with van der Waals surface area (Å²) >= 11 is 0. The summed E-state index contributed by atoms with van der Waals surface area (Å²) in [6.45, 7) is 4.62. The van der Waals surface area contributed by atoms with Crippen LogP contribution in [0, 0.1) is 5.92 Å². The van der Waals surface area contributed by atoms with Crippen LogP contribution in [0.1, 0.15) is 58.8 Å². The second-order valence-corrected chi connectivity index (χ2v) is 5.21. The Hall–Kier alpha value is -1.10. The van der Waals surface area contributed by atoms with Crippen molar-refractivity contribution in [2.24, 2.45) is 11.7 Å². The van der Waals surface area contributed by atoms with Crippen LogP contribution in [0.5, 0.6) is 0 Å². The number of nitrogens with two attached hydrogens (primary N) is 1. The van der Waals surface area contributed by atoms with Gasteiger partial charge < -0.3 is 16.2 Å². The van der Waals surface area contributed by atoms with Gasteiger partial charge in [0.05, 0.1) is 0 Å². The molecular weight excluding hydrogens is 244 g/mol. The molecule has 112 valence electrons. The number of rotatable bonds is 11. The van der Waals surface area contributed by atoms with E-state index in [1.165, 1.54) is 0 Å². The van der Waals surface area contributed by atoms with Crippen LogP contribution in [0.15, 0.2) is 0 Å². The summed E-state index contributed by atoms with van der Waals surface area (Å²) in [7, 11) is 0. The second kappa shape index (κ2) is 10.8. The van der Waals surface area contributed by atoms with E-state index in [0.29, 0.717) is 25.3 Å². The number of carboxylic acids is 1. The molecule has 0 aliphatic carbocycles. The summed E-state index contributed by atoms with van der Waals surface area (Å²) in [4.78, 5) is 22.0. The van der Waals surface area contributed by atoms with Crippen molar-refractivity contribution in [3.63, 3.8) is 0 Å². The lowest BCUT2D eigenvalue weighted by molar-refractivity contribution is -0.137. The van der Waals surface area contributed by atoms with Crippen molar-refractivity contribution in [2.75, 3.05) is 6.54 Å². The van der Waals surface area contributed by atoms with Crippen molar-refractivity contribution in [1.29, 1.82) is 0 Å². The van der Waals surface area contributed by atoms with Crippen LogP contribution in [0.25, 0.3) is 0 Å². The molecule has 19 heavy (non-hydrogen) atoms. The fourth-order valence-corrected chi connectivity index (χ4v) is 1.97. The Balaban J connectivity index is 3.63. The molecule has 0 aliphatic rings. The third-order valence-electron chi connectivity index (χ3n) is 3.28. The van der Waals surface area contributed by atoms with Crippen LogP contribution in [0.3, 0.4) is 0 Å². The number of amides is 1. The Kier molecular flexibility index (Phi) is 10.2. The quantitative estimate of drug-likeness (QED) is 0.535. The molecule has 0 aliphatic heterocycles. The standard InChI is InChI=1S/C14H28N2O3/c1-3-12(7-8-14(18)19)9-10-16-13(17)6-4-5-11(2)15/h11-12H,3-10,15H2,1-2H3,(H,16,17)(H,18,19). The number of aliphatic carboxylic acids is 1. The monoisotopic (exact) mass is 272 g/mol. The smallest absolute Gasteiger partial charge is 0.303 e. The molecule has 0 heterocycles. The van der Waals surface area contributed by atoms with Crippen molar-refractivity contribution < 1.29 is 14.7 Å². The van der Waals surface area contributed by atoms with E-state index < -0.39 is 5.97 Å². The van der Waals surface area contributed by atoms with E-state index in [-0.39, 0.29) is 18.4 Å². The fraction of sp³-hybridized carbons (Fsp3) is 0.857. The Morgan fingerprint density at radius 3 is 2.42 bits per heavy atom. The van der Waals surface area contributed by atoms with E-state index in [1.54, 1.807) is 0 Å². The van der Waals surface area contributed by atoms with Crippen LogP contribution in [-0.4, -0.2) is 29.6 Å². The van der Waals surface area contributed by atoms with Gasteiger partial charge >= 0.3 is 5.97 Å². The fourth-order valence-electron chi connectivity index (χ4n) is 1.97. The van der Waals surface area contributed by atoms with Gasteiger partial charge in [-0.1, -0.05) is 13.3 Å². The zero-order chi connectivity index (χ0) is 14.7. The maximum absolute atomic E-state index is 11.5. The summed E-state index contributed by atoms with van der Waals surface area (Å²) < 4.78 is 0. The molecule has 5 heteroatoms. The molecule has 2 unspecified atom stereocenters. The van der Waals surface area contributed by atoms with Crippen molar-refractivity contribution >= 4 is 11.9 Å². The number of carbonyl (C=O) groups is 2. The predicted octanol–water partition coefficient (Wildman–Crippen LogP) is 1.90. The number of nitrogens with one attached hydrogen (secondary N) is 1. The van der Waals surface area contributed by atoms with Crippen molar-refractivity contribution in [3.8, 4) is 0 Å². The molecule has 0 fully saturated rings. The summed E-state index contributed by atoms with van der Waals surface area (Å²) in [5.41, 5.74) is 5.61. The highest BCUT2D eigenvalue weighted by Crippen LogP contribution is 2.14. The van der Waals surface area contributed by atoms with Gasteiger partial charge in [0.15, 0.2) is 0 Å². The number of hydrogen-bond donors (Lipinski definition) is 3. The molecule has 0 spiro atoms. The van der Waals surface area contributed by atoms with Crippen LogP contribution >= 0.6 is 0 Å². The first-order chi connectivity index (χ1) is 8.95. The van der Waals surface area contributed by atoms with Crippen LogP contribution in [0.4, 0.5) is 0 Å². The zero-order valence-corrected chi connectivity index (χ0v) is 12.2. The van der Waals surface area contributed by atoms with Gasteiger partial charge in [-0.25, -0.2) is 0 Å². The topological polar surface area (TPSA) is 92.4 Å². The third kappa shape index (κ3) is 11.7. The first-order valence-electron chi connectivity index (χ1n) is 7.19. The molecule has 0 aromatic carbocycles. The third-order valence-corrected chi connectivity index (χ3v) is 3.28. The molecule has 0 bridgehead atoms. The first kappa shape index (κ1) is 17.9. The molecule has 0 rings (SSSR count). The highest BCUT2D eigenvalue weighted by Gasteiger charge is 2.09. The van der Waals surface area contributed by atoms with Gasteiger partial charge in [-0.15, -0.1) is 0 Å². The molecule has 0 saturated carbocycles. The van der Waals surface area contributed by atoms with Gasteiger partial charge in [0, 0.05) is 25.4 Å². The molecule has 2 atom stereocenters. The largest absolute Gasteiger partial charge is 0.481 e. The van der Waals surface area contributed by atoms with Crippen LogP contribution in [0.2, 0.25) is 0 Å². The lowest BCUT2D eigenvalue weighted by Gasteiger charge is -2.14. The maximum atomic E-state index is 11.5. The van der Waals surface area contributed by atoms with Gasteiger partial charge in [-0.3, -0.25) is 9.59 Å². The average molecular weight is 272 g/mol. The van der Waals surface area contributed by atoms with E-state index in [9.17, 15) is 9.59 Å². The predicted molar refractivity (Wildman–Crippen MR) is 75.8 cm³/mol. The van der Waals surface area contributed by atoms with E-state index in [1.807, 2.05) is 6.92 Å². The lowest BCUT2D eigenvalue weighted by Crippen LogP contribution is -2.26. The zero-order valence-electron chi connectivity index (χ0n) is 12.2. The Morgan fingerprint density at radius 1 is 1.21 bits per heavy atom. The van der Waals surface area contributed by atoms with Crippen molar-refractivity contribution in [2.45, 2.75) is 64.8 Å². The Bertz CT molecular complexity index is 267. The van der Waals surface area contributed by atoms with Gasteiger partial charge in [0.2, 0.25) is 5.91 Å². The molecule has 0 saturated heterocycles. The van der Waals surface area contributed by atoms with E-state index in [4.69, 9.17) is 10.8 Å². The summed E-state index contributed by atoms with van der Waals surface area (Å²) in [5, 5.41) is 11.5. The van der Waals surface area contributed by atoms with Gasteiger partial charge in [0.1, 0.15) is 0 Å². The van der Waals surface area contributed by atoms with Gasteiger partial charge in [-0.2, -0.15) is 0 Å². The molecule has 0 aromatic heterocycles. The van der Waals surface area contributed by atoms with E-state index >= 15 is 0 Å². The summed E-state index contributed by atoms with van der Waals surface area (Å²) in [6, 6.07) is 0.147. The molecule has 0 aromatic rings. The molecule has 0 radical (unpaired) electrons. The second-order valence-electron chi connectivity index (χ2n) is 5.21. The summed E-state index contributed by atoms with van der Waals surface area (Å²) in [5.74, 6) is -0.312. The van der Waals surface area contributed by atoms with E-state index in [2.05, 4.69) is 12.2 Å². The number of hydrogen-bond acceptors (Lipinski definition) is 3. The van der Waals surface area contributed by atoms with Crippen LogP contribution in [-0.2, 0) is 9.59 Å². The lowest BCUT2D eigenvalue weighted by atomic mass is 9.96. The maximum Gasteiger partial charge on any atom is 0.303 e. The minimum Gasteiger partial charge on any atom is -0.481 e. The number of carboxylic acid groups (broad SMARTS) is 1. The Morgan fingerprint density at radius 2 is 1.89 bits per heavy atom. The Labute approximate surface area is 115 Å². The van der Waals surface area contributed by atoms with Gasteiger partial charge in [0.25, 0.3) is 0 Å². The normalized spacial score (nSPS) is 13.8. The molecule has 1 amide bonds. The first-order valence-corrected chi connectivity index (χ1v) is 7.19. The minimum atomic E-state index is -0.751. The summed E-state index contributed by atoms with van der Waals surface area (Å²) in [6.07, 6.45) is 4.90. The number of carbonyl (C=O) groups excluding carboxylic acids is 1. The average Bonchev–Trinajstić information content (AvgIpc) is 2.32. The van der Waals surface area contributed by atoms with Crippen molar-refractivity contribution in [1.82, 2.24) is 5.32 Å². The minimum absolute atomic E-state index is 0.0636.